The van der Waals surface area contributed by atoms with Crippen molar-refractivity contribution in [3.8, 4) is 0 Å². The summed E-state index contributed by atoms with van der Waals surface area (Å²) in [6, 6.07) is 0. The largest absolute Gasteiger partial charge is 0.480 e. The first-order valence-electron chi connectivity index (χ1n) is 4.29. The molecule has 0 rings (SSSR count). The zero-order valence-corrected chi connectivity index (χ0v) is 11.9. The third-order valence-corrected chi connectivity index (χ3v) is 1.20. The molecule has 90 valence electrons. The van der Waals surface area contributed by atoms with Crippen LogP contribution in [-0.2, 0) is 43.3 Å². The summed E-state index contributed by atoms with van der Waals surface area (Å²) in [4.78, 5) is 20.0. The fourth-order valence-corrected chi connectivity index (χ4v) is 0.657. The molecule has 0 aromatic rings. The molecule has 0 atom stereocenters. The van der Waals surface area contributed by atoms with Crippen molar-refractivity contribution in [2.24, 2.45) is 0 Å². The number of ether oxygens (including phenoxy) is 3. The number of carbonyl (C=O) groups is 2. The van der Waals surface area contributed by atoms with E-state index < -0.39 is 11.9 Å². The topological polar surface area (TPSA) is 102 Å². The Morgan fingerprint density at radius 2 is 1.06 bits per heavy atom. The molecule has 0 fully saturated rings. The van der Waals surface area contributed by atoms with Crippen molar-refractivity contribution in [2.45, 2.75) is 0 Å². The molecule has 0 aromatic heterocycles. The van der Waals surface area contributed by atoms with Gasteiger partial charge < -0.3 is 24.4 Å². The number of carboxylic acids is 2. The van der Waals surface area contributed by atoms with Gasteiger partial charge in [0.05, 0.1) is 26.4 Å². The van der Waals surface area contributed by atoms with Gasteiger partial charge in [0.2, 0.25) is 0 Å². The average Bonchev–Trinajstić information content (AvgIpc) is 2.14. The van der Waals surface area contributed by atoms with Crippen LogP contribution in [0.5, 0.6) is 0 Å². The van der Waals surface area contributed by atoms with Crippen LogP contribution < -0.4 is 0 Å². The minimum absolute atomic E-state index is 0. The van der Waals surface area contributed by atoms with Gasteiger partial charge >= 0.3 is 11.9 Å². The van der Waals surface area contributed by atoms with E-state index in [2.05, 4.69) is 9.47 Å². The zero-order chi connectivity index (χ0) is 11.5. The van der Waals surface area contributed by atoms with E-state index >= 15 is 0 Å². The average molecular weight is 288 g/mol. The summed E-state index contributed by atoms with van der Waals surface area (Å²) in [5.41, 5.74) is 0. The van der Waals surface area contributed by atoms with Crippen LogP contribution in [-0.4, -0.2) is 61.8 Å². The Balaban J connectivity index is 0. The molecule has 8 heteroatoms. The fraction of sp³-hybridized carbons (Fsp3) is 0.750. The molecule has 0 aliphatic heterocycles. The number of hydrogen-bond donors (Lipinski definition) is 2. The summed E-state index contributed by atoms with van der Waals surface area (Å²) in [6.45, 7) is 0.182. The molecule has 0 saturated carbocycles. The molecule has 0 amide bonds. The third kappa shape index (κ3) is 15.9. The monoisotopic (exact) mass is 286 g/mol. The van der Waals surface area contributed by atoms with Crippen LogP contribution in [0.25, 0.3) is 0 Å². The molecule has 0 radical (unpaired) electrons. The van der Waals surface area contributed by atoms with Gasteiger partial charge in [0.15, 0.2) is 0 Å². The summed E-state index contributed by atoms with van der Waals surface area (Å²) in [5, 5.41) is 16.4. The number of hydrogen-bond acceptors (Lipinski definition) is 5. The van der Waals surface area contributed by atoms with Crippen LogP contribution in [0.15, 0.2) is 0 Å². The van der Waals surface area contributed by atoms with Gasteiger partial charge in [0.25, 0.3) is 0 Å². The van der Waals surface area contributed by atoms with Crippen LogP contribution in [0.1, 0.15) is 0 Å². The zero-order valence-electron chi connectivity index (χ0n) is 8.89. The van der Waals surface area contributed by atoms with Crippen molar-refractivity contribution >= 4 is 11.9 Å². The normalized spacial score (nSPS) is 9.50. The summed E-state index contributed by atoms with van der Waals surface area (Å²) >= 11 is 0. The molecular formula is C8H14O7Zn. The molecule has 0 heterocycles. The molecule has 16 heavy (non-hydrogen) atoms. The van der Waals surface area contributed by atoms with E-state index in [9.17, 15) is 9.59 Å². The maximum absolute atomic E-state index is 10.00. The molecule has 0 unspecified atom stereocenters. The van der Waals surface area contributed by atoms with Crippen molar-refractivity contribution < 1.29 is 53.5 Å². The molecule has 0 aliphatic carbocycles. The van der Waals surface area contributed by atoms with Gasteiger partial charge in [-0.1, -0.05) is 0 Å². The summed E-state index contributed by atoms with van der Waals surface area (Å²) in [6.07, 6.45) is 0. The van der Waals surface area contributed by atoms with Gasteiger partial charge in [-0.3, -0.25) is 0 Å². The van der Waals surface area contributed by atoms with Crippen LogP contribution in [0.3, 0.4) is 0 Å². The van der Waals surface area contributed by atoms with Crippen molar-refractivity contribution in [1.29, 1.82) is 0 Å². The van der Waals surface area contributed by atoms with Crippen molar-refractivity contribution in [3.63, 3.8) is 0 Å². The van der Waals surface area contributed by atoms with E-state index in [4.69, 9.17) is 14.9 Å². The van der Waals surface area contributed by atoms with Gasteiger partial charge in [-0.25, -0.2) is 9.59 Å². The van der Waals surface area contributed by atoms with Gasteiger partial charge in [0.1, 0.15) is 13.2 Å². The molecular weight excluding hydrogens is 273 g/mol. The summed E-state index contributed by atoms with van der Waals surface area (Å²) < 4.78 is 14.3. The first kappa shape index (κ1) is 17.8. The van der Waals surface area contributed by atoms with Gasteiger partial charge in [-0.05, 0) is 0 Å². The van der Waals surface area contributed by atoms with Crippen LogP contribution in [0.4, 0.5) is 0 Å². The SMILES string of the molecule is O=C(O)COCCOCCOCC(=O)O.[Zn]. The Labute approximate surface area is 105 Å². The van der Waals surface area contributed by atoms with E-state index in [-0.39, 0.29) is 59.1 Å². The van der Waals surface area contributed by atoms with Crippen molar-refractivity contribution in [1.82, 2.24) is 0 Å². The third-order valence-electron chi connectivity index (χ3n) is 1.20. The maximum atomic E-state index is 10.00. The van der Waals surface area contributed by atoms with Crippen molar-refractivity contribution in [3.05, 3.63) is 0 Å². The standard InChI is InChI=1S/C8H14O7.Zn/c9-7(10)5-14-3-1-13-2-4-15-6-8(11)12;/h1-6H2,(H,9,10)(H,11,12);. The van der Waals surface area contributed by atoms with Gasteiger partial charge in [-0.2, -0.15) is 0 Å². The van der Waals surface area contributed by atoms with Gasteiger partial charge in [0, 0.05) is 19.5 Å². The van der Waals surface area contributed by atoms with Crippen molar-refractivity contribution in [2.75, 3.05) is 39.6 Å². The quantitative estimate of drug-likeness (QED) is 0.401. The fourth-order valence-electron chi connectivity index (χ4n) is 0.657. The predicted octanol–water partition coefficient (Wildman–Crippen LogP) is -0.797. The van der Waals surface area contributed by atoms with E-state index in [1.807, 2.05) is 0 Å². The Bertz CT molecular complexity index is 177. The first-order valence-corrected chi connectivity index (χ1v) is 4.29. The molecule has 0 aliphatic rings. The van der Waals surface area contributed by atoms with E-state index in [0.29, 0.717) is 0 Å². The smallest absolute Gasteiger partial charge is 0.329 e. The Kier molecular flexibility index (Phi) is 13.9. The second-order valence-corrected chi connectivity index (χ2v) is 2.51. The minimum Gasteiger partial charge on any atom is -0.480 e. The van der Waals surface area contributed by atoms with Crippen LogP contribution in [0.2, 0.25) is 0 Å². The second kappa shape index (κ2) is 12.5. The Morgan fingerprint density at radius 1 is 0.750 bits per heavy atom. The molecule has 0 spiro atoms. The maximum Gasteiger partial charge on any atom is 0.329 e. The van der Waals surface area contributed by atoms with Crippen LogP contribution >= 0.6 is 0 Å². The molecule has 0 aromatic carbocycles. The minimum atomic E-state index is -1.03. The van der Waals surface area contributed by atoms with E-state index in [1.54, 1.807) is 0 Å². The number of carboxylic acid groups (broad SMARTS) is 2. The number of rotatable bonds is 10. The van der Waals surface area contributed by atoms with E-state index in [0.717, 1.165) is 0 Å². The molecule has 0 saturated heterocycles. The second-order valence-electron chi connectivity index (χ2n) is 2.51. The Hall–Kier alpha value is -0.557. The number of aliphatic carboxylic acids is 2. The molecule has 2 N–H and O–H groups in total. The Morgan fingerprint density at radius 3 is 1.38 bits per heavy atom. The predicted molar refractivity (Wildman–Crippen MR) is 47.7 cm³/mol. The van der Waals surface area contributed by atoms with E-state index in [1.165, 1.54) is 0 Å². The molecule has 0 bridgehead atoms. The first-order chi connectivity index (χ1) is 7.13. The van der Waals surface area contributed by atoms with Gasteiger partial charge in [-0.15, -0.1) is 0 Å². The van der Waals surface area contributed by atoms with Crippen LogP contribution in [0, 0.1) is 0 Å². The summed E-state index contributed by atoms with van der Waals surface area (Å²) in [5.74, 6) is -2.06. The molecule has 7 nitrogen and oxygen atoms in total. The summed E-state index contributed by atoms with van der Waals surface area (Å²) in [7, 11) is 0.